The molecule has 0 aliphatic heterocycles. The van der Waals surface area contributed by atoms with E-state index in [9.17, 15) is 19.7 Å². The SMILES string of the molecule is COc1ccc(CNC(=O)C(=O)N/N=C\c2ccc(OC)c([N+](=O)[O-])c2)cc1. The van der Waals surface area contributed by atoms with E-state index in [1.165, 1.54) is 31.5 Å². The Kier molecular flexibility index (Phi) is 7.03. The smallest absolute Gasteiger partial charge is 0.329 e. The first-order valence-electron chi connectivity index (χ1n) is 8.01. The van der Waals surface area contributed by atoms with Crippen molar-refractivity contribution < 1.29 is 24.0 Å². The first-order chi connectivity index (χ1) is 13.4. The van der Waals surface area contributed by atoms with Gasteiger partial charge in [0.05, 0.1) is 25.4 Å². The number of hydrogen-bond donors (Lipinski definition) is 2. The van der Waals surface area contributed by atoms with Gasteiger partial charge in [-0.2, -0.15) is 5.10 Å². The Hall–Kier alpha value is -3.95. The van der Waals surface area contributed by atoms with E-state index < -0.39 is 16.7 Å². The van der Waals surface area contributed by atoms with Crippen LogP contribution in [0.3, 0.4) is 0 Å². The van der Waals surface area contributed by atoms with Crippen LogP contribution in [0.5, 0.6) is 11.5 Å². The Labute approximate surface area is 160 Å². The van der Waals surface area contributed by atoms with E-state index in [0.29, 0.717) is 11.3 Å². The number of nitrogens with one attached hydrogen (secondary N) is 2. The predicted octanol–water partition coefficient (Wildman–Crippen LogP) is 1.38. The van der Waals surface area contributed by atoms with Crippen LogP contribution in [-0.2, 0) is 16.1 Å². The lowest BCUT2D eigenvalue weighted by Crippen LogP contribution is -2.37. The van der Waals surface area contributed by atoms with Gasteiger partial charge < -0.3 is 14.8 Å². The molecule has 0 heterocycles. The molecule has 2 aromatic rings. The van der Waals surface area contributed by atoms with Gasteiger partial charge in [0.25, 0.3) is 0 Å². The number of carbonyl (C=O) groups is 2. The van der Waals surface area contributed by atoms with E-state index in [2.05, 4.69) is 15.8 Å². The third kappa shape index (κ3) is 5.53. The Morgan fingerprint density at radius 3 is 2.43 bits per heavy atom. The normalized spacial score (nSPS) is 10.4. The molecular weight excluding hydrogens is 368 g/mol. The zero-order valence-corrected chi connectivity index (χ0v) is 15.2. The molecule has 0 aliphatic carbocycles. The molecule has 0 unspecified atom stereocenters. The fourth-order valence-corrected chi connectivity index (χ4v) is 2.15. The summed E-state index contributed by atoms with van der Waals surface area (Å²) in [5.41, 5.74) is 2.96. The molecule has 0 aliphatic rings. The van der Waals surface area contributed by atoms with Crippen molar-refractivity contribution in [2.75, 3.05) is 14.2 Å². The number of nitro benzene ring substituents is 1. The molecule has 2 rings (SSSR count). The molecule has 2 amide bonds. The molecule has 0 bridgehead atoms. The van der Waals surface area contributed by atoms with Gasteiger partial charge in [0.2, 0.25) is 0 Å². The van der Waals surface area contributed by atoms with Crippen LogP contribution in [0.15, 0.2) is 47.6 Å². The Bertz CT molecular complexity index is 895. The number of carbonyl (C=O) groups excluding carboxylic acids is 2. The molecule has 2 aromatic carbocycles. The van der Waals surface area contributed by atoms with E-state index in [4.69, 9.17) is 9.47 Å². The van der Waals surface area contributed by atoms with E-state index in [0.717, 1.165) is 5.56 Å². The lowest BCUT2D eigenvalue weighted by atomic mass is 10.2. The number of rotatable bonds is 7. The van der Waals surface area contributed by atoms with Gasteiger partial charge in [-0.3, -0.25) is 19.7 Å². The quantitative estimate of drug-likeness (QED) is 0.320. The molecule has 2 N–H and O–H groups in total. The molecule has 10 nitrogen and oxygen atoms in total. The summed E-state index contributed by atoms with van der Waals surface area (Å²) in [6.07, 6.45) is 1.18. The molecule has 0 saturated heterocycles. The highest BCUT2D eigenvalue weighted by Crippen LogP contribution is 2.26. The van der Waals surface area contributed by atoms with Crippen molar-refractivity contribution in [1.29, 1.82) is 0 Å². The third-order valence-electron chi connectivity index (χ3n) is 3.60. The summed E-state index contributed by atoms with van der Waals surface area (Å²) >= 11 is 0. The average molecular weight is 386 g/mol. The number of benzene rings is 2. The Morgan fingerprint density at radius 1 is 1.11 bits per heavy atom. The number of nitrogens with zero attached hydrogens (tertiary/aromatic N) is 2. The van der Waals surface area contributed by atoms with Crippen LogP contribution in [0.1, 0.15) is 11.1 Å². The lowest BCUT2D eigenvalue weighted by Gasteiger charge is -2.05. The summed E-state index contributed by atoms with van der Waals surface area (Å²) in [5, 5.41) is 17.1. The maximum absolute atomic E-state index is 11.8. The number of hydrogen-bond acceptors (Lipinski definition) is 7. The maximum Gasteiger partial charge on any atom is 0.329 e. The van der Waals surface area contributed by atoms with Crippen molar-refractivity contribution in [1.82, 2.24) is 10.7 Å². The highest BCUT2D eigenvalue weighted by atomic mass is 16.6. The number of hydrazone groups is 1. The molecule has 146 valence electrons. The third-order valence-corrected chi connectivity index (χ3v) is 3.60. The first kappa shape index (κ1) is 20.4. The maximum atomic E-state index is 11.8. The highest BCUT2D eigenvalue weighted by Gasteiger charge is 2.15. The summed E-state index contributed by atoms with van der Waals surface area (Å²) in [5.74, 6) is -1.05. The van der Waals surface area contributed by atoms with Crippen molar-refractivity contribution in [2.24, 2.45) is 5.10 Å². The minimum Gasteiger partial charge on any atom is -0.497 e. The summed E-state index contributed by atoms with van der Waals surface area (Å²) in [6.45, 7) is 0.157. The van der Waals surface area contributed by atoms with E-state index in [1.54, 1.807) is 31.4 Å². The zero-order valence-electron chi connectivity index (χ0n) is 15.2. The average Bonchev–Trinajstić information content (AvgIpc) is 2.72. The second kappa shape index (κ2) is 9.67. The Balaban J connectivity index is 1.89. The predicted molar refractivity (Wildman–Crippen MR) is 100 cm³/mol. The number of amides is 2. The Morgan fingerprint density at radius 2 is 1.82 bits per heavy atom. The first-order valence-corrected chi connectivity index (χ1v) is 8.01. The van der Waals surface area contributed by atoms with Gasteiger partial charge in [0.15, 0.2) is 5.75 Å². The van der Waals surface area contributed by atoms with Crippen molar-refractivity contribution in [3.8, 4) is 11.5 Å². The van der Waals surface area contributed by atoms with E-state index in [-0.39, 0.29) is 18.0 Å². The molecule has 0 spiro atoms. The topological polar surface area (TPSA) is 132 Å². The van der Waals surface area contributed by atoms with Gasteiger partial charge in [0.1, 0.15) is 5.75 Å². The van der Waals surface area contributed by atoms with Gasteiger partial charge in [-0.25, -0.2) is 5.43 Å². The van der Waals surface area contributed by atoms with Gasteiger partial charge in [0, 0.05) is 18.2 Å². The second-order valence-corrected chi connectivity index (χ2v) is 5.42. The molecule has 0 atom stereocenters. The van der Waals surface area contributed by atoms with Crippen LogP contribution in [0.4, 0.5) is 5.69 Å². The van der Waals surface area contributed by atoms with Crippen LogP contribution in [0, 0.1) is 10.1 Å². The van der Waals surface area contributed by atoms with Crippen LogP contribution in [-0.4, -0.2) is 37.2 Å². The molecule has 0 aromatic heterocycles. The minimum absolute atomic E-state index is 0.101. The van der Waals surface area contributed by atoms with Crippen LogP contribution in [0.2, 0.25) is 0 Å². The molecule has 28 heavy (non-hydrogen) atoms. The standard InChI is InChI=1S/C18H18N4O6/c1-27-14-6-3-12(4-7-14)10-19-17(23)18(24)21-20-11-13-5-8-16(28-2)15(9-13)22(25)26/h3-9,11H,10H2,1-2H3,(H,19,23)(H,21,24)/b20-11-. The van der Waals surface area contributed by atoms with Crippen molar-refractivity contribution in [3.63, 3.8) is 0 Å². The second-order valence-electron chi connectivity index (χ2n) is 5.42. The fourth-order valence-electron chi connectivity index (χ4n) is 2.15. The van der Waals surface area contributed by atoms with Crippen LogP contribution < -0.4 is 20.2 Å². The highest BCUT2D eigenvalue weighted by molar-refractivity contribution is 6.35. The van der Waals surface area contributed by atoms with Gasteiger partial charge in [-0.05, 0) is 29.8 Å². The molecule has 0 fully saturated rings. The molecular formula is C18H18N4O6. The summed E-state index contributed by atoms with van der Waals surface area (Å²) in [6, 6.07) is 11.1. The minimum atomic E-state index is -0.965. The van der Waals surface area contributed by atoms with Gasteiger partial charge in [-0.1, -0.05) is 12.1 Å². The van der Waals surface area contributed by atoms with Crippen LogP contribution >= 0.6 is 0 Å². The van der Waals surface area contributed by atoms with E-state index in [1.807, 2.05) is 0 Å². The largest absolute Gasteiger partial charge is 0.497 e. The van der Waals surface area contributed by atoms with Gasteiger partial charge in [-0.15, -0.1) is 0 Å². The molecule has 0 radical (unpaired) electrons. The zero-order chi connectivity index (χ0) is 20.5. The lowest BCUT2D eigenvalue weighted by molar-refractivity contribution is -0.385. The molecule has 10 heteroatoms. The number of methoxy groups -OCH3 is 2. The van der Waals surface area contributed by atoms with Gasteiger partial charge >= 0.3 is 17.5 Å². The monoisotopic (exact) mass is 386 g/mol. The van der Waals surface area contributed by atoms with Crippen molar-refractivity contribution >= 4 is 23.7 Å². The van der Waals surface area contributed by atoms with Crippen LogP contribution in [0.25, 0.3) is 0 Å². The van der Waals surface area contributed by atoms with E-state index >= 15 is 0 Å². The summed E-state index contributed by atoms with van der Waals surface area (Å²) < 4.78 is 9.93. The summed E-state index contributed by atoms with van der Waals surface area (Å²) in [4.78, 5) is 33.9. The van der Waals surface area contributed by atoms with Crippen molar-refractivity contribution in [3.05, 3.63) is 63.7 Å². The number of ether oxygens (including phenoxy) is 2. The van der Waals surface area contributed by atoms with Crippen molar-refractivity contribution in [2.45, 2.75) is 6.54 Å². The summed E-state index contributed by atoms with van der Waals surface area (Å²) in [7, 11) is 2.87. The fraction of sp³-hybridized carbons (Fsp3) is 0.167. The molecule has 0 saturated carbocycles. The number of nitro groups is 1.